The number of aliphatic hydroxyl groups excluding tert-OH is 1. The van der Waals surface area contributed by atoms with Crippen molar-refractivity contribution in [3.05, 3.63) is 35.9 Å². The van der Waals surface area contributed by atoms with Crippen molar-refractivity contribution in [2.24, 2.45) is 0 Å². The summed E-state index contributed by atoms with van der Waals surface area (Å²) < 4.78 is 13.8. The largest absolute Gasteiger partial charge is 0.469 e. The summed E-state index contributed by atoms with van der Waals surface area (Å²) >= 11 is 0. The molecule has 0 aliphatic heterocycles. The maximum atomic E-state index is 11.6. The molecule has 1 aromatic rings. The SMILES string of the molecule is COC(=O)CC(C)O.COC(=O)CC(C)OC(=O)c1ccccc1. The standard InChI is InChI=1S/C12H14O4.C5H10O3/c1-9(8-11(13)15-2)16-12(14)10-6-4-3-5-7-10;1-4(6)3-5(7)8-2/h3-7,9H,8H2,1-2H3;4,6H,3H2,1-2H3. The van der Waals surface area contributed by atoms with E-state index in [0.717, 1.165) is 0 Å². The molecule has 1 rings (SSSR count). The maximum absolute atomic E-state index is 11.6. The van der Waals surface area contributed by atoms with Crippen LogP contribution in [0, 0.1) is 0 Å². The minimum Gasteiger partial charge on any atom is -0.469 e. The van der Waals surface area contributed by atoms with E-state index in [-0.39, 0.29) is 18.8 Å². The number of aliphatic hydroxyl groups is 1. The van der Waals surface area contributed by atoms with E-state index >= 15 is 0 Å². The Morgan fingerprint density at radius 3 is 1.88 bits per heavy atom. The van der Waals surface area contributed by atoms with Crippen LogP contribution in [0.1, 0.15) is 37.0 Å². The van der Waals surface area contributed by atoms with Crippen LogP contribution < -0.4 is 0 Å². The van der Waals surface area contributed by atoms with Gasteiger partial charge in [0, 0.05) is 0 Å². The predicted molar refractivity (Wildman–Crippen MR) is 86.3 cm³/mol. The summed E-state index contributed by atoms with van der Waals surface area (Å²) in [7, 11) is 2.60. The fourth-order valence-electron chi connectivity index (χ4n) is 1.51. The molecule has 0 aliphatic rings. The molecule has 0 aromatic heterocycles. The Kier molecular flexibility index (Phi) is 10.9. The molecule has 0 heterocycles. The molecule has 0 amide bonds. The number of methoxy groups -OCH3 is 2. The topological polar surface area (TPSA) is 99.1 Å². The molecule has 2 unspecified atom stereocenters. The van der Waals surface area contributed by atoms with Gasteiger partial charge in [0.25, 0.3) is 0 Å². The molecular formula is C17H24O7. The van der Waals surface area contributed by atoms with E-state index in [1.807, 2.05) is 6.07 Å². The number of carbonyl (C=O) groups excluding carboxylic acids is 3. The number of hydrogen-bond donors (Lipinski definition) is 1. The van der Waals surface area contributed by atoms with Crippen molar-refractivity contribution >= 4 is 17.9 Å². The van der Waals surface area contributed by atoms with E-state index < -0.39 is 24.1 Å². The molecule has 0 radical (unpaired) electrons. The van der Waals surface area contributed by atoms with Gasteiger partial charge in [0.15, 0.2) is 0 Å². The summed E-state index contributed by atoms with van der Waals surface area (Å²) in [6, 6.07) is 8.64. The minimum atomic E-state index is -0.595. The lowest BCUT2D eigenvalue weighted by Gasteiger charge is -2.11. The van der Waals surface area contributed by atoms with Gasteiger partial charge in [-0.1, -0.05) is 18.2 Å². The Labute approximate surface area is 141 Å². The fraction of sp³-hybridized carbons (Fsp3) is 0.471. The van der Waals surface area contributed by atoms with E-state index in [1.54, 1.807) is 31.2 Å². The quantitative estimate of drug-likeness (QED) is 0.622. The van der Waals surface area contributed by atoms with Gasteiger partial charge in [-0.05, 0) is 26.0 Å². The second-order valence-corrected chi connectivity index (χ2v) is 4.99. The lowest BCUT2D eigenvalue weighted by molar-refractivity contribution is -0.143. The third-order valence-electron chi connectivity index (χ3n) is 2.69. The summed E-state index contributed by atoms with van der Waals surface area (Å²) in [6.07, 6.45) is -0.937. The van der Waals surface area contributed by atoms with Crippen molar-refractivity contribution in [2.45, 2.75) is 38.9 Å². The molecule has 1 aromatic carbocycles. The number of ether oxygens (including phenoxy) is 3. The van der Waals surface area contributed by atoms with E-state index in [9.17, 15) is 14.4 Å². The Morgan fingerprint density at radius 2 is 1.46 bits per heavy atom. The smallest absolute Gasteiger partial charge is 0.338 e. The van der Waals surface area contributed by atoms with E-state index in [4.69, 9.17) is 9.84 Å². The Bertz CT molecular complexity index is 511. The van der Waals surface area contributed by atoms with Gasteiger partial charge >= 0.3 is 17.9 Å². The molecule has 134 valence electrons. The van der Waals surface area contributed by atoms with Crippen molar-refractivity contribution in [1.82, 2.24) is 0 Å². The highest BCUT2D eigenvalue weighted by atomic mass is 16.6. The van der Waals surface area contributed by atoms with Gasteiger partial charge in [0.2, 0.25) is 0 Å². The molecule has 0 aliphatic carbocycles. The summed E-state index contributed by atoms with van der Waals surface area (Å²) in [5.74, 6) is -1.20. The number of carbonyl (C=O) groups is 3. The van der Waals surface area contributed by atoms with Gasteiger partial charge in [-0.25, -0.2) is 4.79 Å². The van der Waals surface area contributed by atoms with Crippen molar-refractivity contribution in [3.63, 3.8) is 0 Å². The zero-order valence-electron chi connectivity index (χ0n) is 14.4. The van der Waals surface area contributed by atoms with Gasteiger partial charge in [-0.15, -0.1) is 0 Å². The molecule has 0 spiro atoms. The molecule has 0 saturated heterocycles. The lowest BCUT2D eigenvalue weighted by Crippen LogP contribution is -2.19. The zero-order valence-corrected chi connectivity index (χ0v) is 14.4. The number of hydrogen-bond acceptors (Lipinski definition) is 7. The first-order chi connectivity index (χ1) is 11.3. The molecule has 24 heavy (non-hydrogen) atoms. The first kappa shape index (κ1) is 21.6. The highest BCUT2D eigenvalue weighted by Gasteiger charge is 2.15. The van der Waals surface area contributed by atoms with Gasteiger partial charge in [-0.3, -0.25) is 9.59 Å². The second kappa shape index (κ2) is 12.1. The molecule has 2 atom stereocenters. The Morgan fingerprint density at radius 1 is 0.958 bits per heavy atom. The first-order valence-electron chi connectivity index (χ1n) is 7.37. The normalized spacial score (nSPS) is 12.0. The molecule has 0 bridgehead atoms. The third-order valence-corrected chi connectivity index (χ3v) is 2.69. The number of rotatable bonds is 6. The molecule has 7 nitrogen and oxygen atoms in total. The average molecular weight is 340 g/mol. The second-order valence-electron chi connectivity index (χ2n) is 4.99. The average Bonchev–Trinajstić information content (AvgIpc) is 2.55. The Hall–Kier alpha value is -2.41. The van der Waals surface area contributed by atoms with E-state index in [0.29, 0.717) is 5.56 Å². The monoisotopic (exact) mass is 340 g/mol. The molecular weight excluding hydrogens is 316 g/mol. The van der Waals surface area contributed by atoms with Crippen LogP contribution in [0.5, 0.6) is 0 Å². The zero-order chi connectivity index (χ0) is 18.5. The maximum Gasteiger partial charge on any atom is 0.338 e. The first-order valence-corrected chi connectivity index (χ1v) is 7.37. The fourth-order valence-corrected chi connectivity index (χ4v) is 1.51. The van der Waals surface area contributed by atoms with Gasteiger partial charge in [-0.2, -0.15) is 0 Å². The van der Waals surface area contributed by atoms with Crippen molar-refractivity contribution in [3.8, 4) is 0 Å². The summed E-state index contributed by atoms with van der Waals surface area (Å²) in [6.45, 7) is 3.19. The lowest BCUT2D eigenvalue weighted by atomic mass is 10.2. The van der Waals surface area contributed by atoms with Crippen LogP contribution >= 0.6 is 0 Å². The summed E-state index contributed by atoms with van der Waals surface area (Å²) in [5.41, 5.74) is 0.471. The van der Waals surface area contributed by atoms with Crippen LogP contribution in [0.4, 0.5) is 0 Å². The predicted octanol–water partition coefficient (Wildman–Crippen LogP) is 1.73. The summed E-state index contributed by atoms with van der Waals surface area (Å²) in [5, 5.41) is 8.55. The Balaban J connectivity index is 0.000000561. The van der Waals surface area contributed by atoms with Gasteiger partial charge in [0.05, 0.1) is 38.7 Å². The highest BCUT2D eigenvalue weighted by Crippen LogP contribution is 2.06. The van der Waals surface area contributed by atoms with Crippen LogP contribution in [0.3, 0.4) is 0 Å². The van der Waals surface area contributed by atoms with E-state index in [1.165, 1.54) is 21.1 Å². The highest BCUT2D eigenvalue weighted by molar-refractivity contribution is 5.89. The number of benzene rings is 1. The van der Waals surface area contributed by atoms with E-state index in [2.05, 4.69) is 9.47 Å². The van der Waals surface area contributed by atoms with Crippen LogP contribution in [-0.4, -0.2) is 49.4 Å². The van der Waals surface area contributed by atoms with Crippen LogP contribution in [0.2, 0.25) is 0 Å². The number of esters is 3. The third kappa shape index (κ3) is 10.3. The van der Waals surface area contributed by atoms with Crippen LogP contribution in [-0.2, 0) is 23.8 Å². The van der Waals surface area contributed by atoms with Gasteiger partial charge < -0.3 is 19.3 Å². The molecule has 1 N–H and O–H groups in total. The van der Waals surface area contributed by atoms with Crippen LogP contribution in [0.15, 0.2) is 30.3 Å². The summed E-state index contributed by atoms with van der Waals surface area (Å²) in [4.78, 5) is 32.7. The van der Waals surface area contributed by atoms with Crippen molar-refractivity contribution in [1.29, 1.82) is 0 Å². The van der Waals surface area contributed by atoms with Gasteiger partial charge in [0.1, 0.15) is 6.10 Å². The van der Waals surface area contributed by atoms with Crippen molar-refractivity contribution in [2.75, 3.05) is 14.2 Å². The molecule has 7 heteroatoms. The minimum absolute atomic E-state index is 0.0646. The molecule has 0 saturated carbocycles. The molecule has 0 fully saturated rings. The van der Waals surface area contributed by atoms with Crippen molar-refractivity contribution < 1.29 is 33.7 Å². The van der Waals surface area contributed by atoms with Crippen LogP contribution in [0.25, 0.3) is 0 Å².